The average Bonchev–Trinajstić information content (AvgIpc) is 2.76. The Balaban J connectivity index is 0.00000289. The number of hydrogen-bond donors (Lipinski definition) is 2. The Bertz CT molecular complexity index is 321. The third-order valence-electron chi connectivity index (χ3n) is 2.14. The SMILES string of the molecule is CCNC(=NCCCn1cccn1)NC(C)C.I. The normalized spacial score (nSPS) is 11.2. The summed E-state index contributed by atoms with van der Waals surface area (Å²) < 4.78 is 1.93. The molecule has 0 aromatic carbocycles. The maximum absolute atomic E-state index is 4.51. The smallest absolute Gasteiger partial charge is 0.191 e. The largest absolute Gasteiger partial charge is 0.357 e. The van der Waals surface area contributed by atoms with Gasteiger partial charge in [0.2, 0.25) is 0 Å². The van der Waals surface area contributed by atoms with Gasteiger partial charge < -0.3 is 10.6 Å². The van der Waals surface area contributed by atoms with Crippen LogP contribution < -0.4 is 10.6 Å². The molecular weight excluding hydrogens is 341 g/mol. The van der Waals surface area contributed by atoms with Crippen LogP contribution in [-0.4, -0.2) is 34.9 Å². The zero-order chi connectivity index (χ0) is 12.5. The standard InChI is InChI=1S/C12H23N5.HI/c1-4-13-12(16-11(2)3)14-7-5-9-17-10-6-8-15-17;/h6,8,10-11H,4-5,7,9H2,1-3H3,(H2,13,14,16);1H. The number of aryl methyl sites for hydroxylation is 1. The number of aliphatic imine (C=N–C) groups is 1. The molecule has 1 rings (SSSR count). The number of aromatic nitrogens is 2. The van der Waals surface area contributed by atoms with E-state index >= 15 is 0 Å². The second-order valence-electron chi connectivity index (χ2n) is 4.18. The molecule has 1 heterocycles. The number of guanidine groups is 1. The fraction of sp³-hybridized carbons (Fsp3) is 0.667. The van der Waals surface area contributed by atoms with Crippen molar-refractivity contribution < 1.29 is 0 Å². The van der Waals surface area contributed by atoms with E-state index in [2.05, 4.69) is 41.5 Å². The minimum absolute atomic E-state index is 0. The third-order valence-corrected chi connectivity index (χ3v) is 2.14. The first-order chi connectivity index (χ1) is 8.22. The molecule has 0 spiro atoms. The Morgan fingerprint density at radius 2 is 2.22 bits per heavy atom. The van der Waals surface area contributed by atoms with Gasteiger partial charge in [-0.15, -0.1) is 24.0 Å². The summed E-state index contributed by atoms with van der Waals surface area (Å²) >= 11 is 0. The highest BCUT2D eigenvalue weighted by Gasteiger charge is 1.98. The summed E-state index contributed by atoms with van der Waals surface area (Å²) in [5.74, 6) is 0.892. The van der Waals surface area contributed by atoms with E-state index in [9.17, 15) is 0 Å². The van der Waals surface area contributed by atoms with Gasteiger partial charge in [-0.3, -0.25) is 9.67 Å². The monoisotopic (exact) mass is 365 g/mol. The van der Waals surface area contributed by atoms with Gasteiger partial charge in [-0.1, -0.05) is 0 Å². The first-order valence-corrected chi connectivity index (χ1v) is 6.24. The van der Waals surface area contributed by atoms with Gasteiger partial charge in [-0.2, -0.15) is 5.10 Å². The van der Waals surface area contributed by atoms with Crippen LogP contribution in [0.1, 0.15) is 27.2 Å². The van der Waals surface area contributed by atoms with E-state index in [1.807, 2.05) is 16.9 Å². The van der Waals surface area contributed by atoms with Crippen LogP contribution in [-0.2, 0) is 6.54 Å². The van der Waals surface area contributed by atoms with Gasteiger partial charge in [0.15, 0.2) is 5.96 Å². The van der Waals surface area contributed by atoms with Crippen LogP contribution in [0.25, 0.3) is 0 Å². The zero-order valence-electron chi connectivity index (χ0n) is 11.4. The van der Waals surface area contributed by atoms with E-state index in [0.717, 1.165) is 32.0 Å². The molecule has 104 valence electrons. The summed E-state index contributed by atoms with van der Waals surface area (Å²) in [5.41, 5.74) is 0. The molecule has 2 N–H and O–H groups in total. The fourth-order valence-corrected chi connectivity index (χ4v) is 1.45. The summed E-state index contributed by atoms with van der Waals surface area (Å²) in [6, 6.07) is 2.34. The average molecular weight is 365 g/mol. The van der Waals surface area contributed by atoms with Crippen molar-refractivity contribution in [3.8, 4) is 0 Å². The highest BCUT2D eigenvalue weighted by molar-refractivity contribution is 14.0. The highest BCUT2D eigenvalue weighted by atomic mass is 127. The second kappa shape index (κ2) is 10.2. The Hall–Kier alpha value is -0.790. The summed E-state index contributed by atoms with van der Waals surface area (Å²) in [6.07, 6.45) is 4.77. The predicted molar refractivity (Wildman–Crippen MR) is 86.5 cm³/mol. The molecule has 0 amide bonds. The maximum atomic E-state index is 4.51. The molecule has 0 aliphatic heterocycles. The lowest BCUT2D eigenvalue weighted by Gasteiger charge is -2.13. The lowest BCUT2D eigenvalue weighted by molar-refractivity contribution is 0.583. The number of rotatable bonds is 6. The van der Waals surface area contributed by atoms with Gasteiger partial charge in [-0.05, 0) is 33.3 Å². The molecule has 0 bridgehead atoms. The molecule has 18 heavy (non-hydrogen) atoms. The Morgan fingerprint density at radius 3 is 2.78 bits per heavy atom. The van der Waals surface area contributed by atoms with Gasteiger partial charge >= 0.3 is 0 Å². The minimum atomic E-state index is 0. The first kappa shape index (κ1) is 17.2. The van der Waals surface area contributed by atoms with Crippen molar-refractivity contribution >= 4 is 29.9 Å². The number of nitrogens with one attached hydrogen (secondary N) is 2. The van der Waals surface area contributed by atoms with Crippen LogP contribution in [0.4, 0.5) is 0 Å². The molecule has 0 aliphatic rings. The van der Waals surface area contributed by atoms with Crippen LogP contribution in [0.5, 0.6) is 0 Å². The van der Waals surface area contributed by atoms with Crippen LogP contribution in [0, 0.1) is 0 Å². The Labute approximate surface area is 126 Å². The predicted octanol–water partition coefficient (Wildman–Crippen LogP) is 1.85. The Morgan fingerprint density at radius 1 is 1.44 bits per heavy atom. The maximum Gasteiger partial charge on any atom is 0.191 e. The van der Waals surface area contributed by atoms with Crippen molar-refractivity contribution in [2.45, 2.75) is 39.8 Å². The number of hydrogen-bond acceptors (Lipinski definition) is 2. The van der Waals surface area contributed by atoms with E-state index in [-0.39, 0.29) is 24.0 Å². The van der Waals surface area contributed by atoms with E-state index in [4.69, 9.17) is 0 Å². The van der Waals surface area contributed by atoms with Crippen molar-refractivity contribution in [3.63, 3.8) is 0 Å². The van der Waals surface area contributed by atoms with Crippen molar-refractivity contribution in [1.82, 2.24) is 20.4 Å². The summed E-state index contributed by atoms with van der Waals surface area (Å²) in [6.45, 7) is 8.89. The molecule has 0 fully saturated rings. The van der Waals surface area contributed by atoms with E-state index in [0.29, 0.717) is 6.04 Å². The molecule has 0 atom stereocenters. The molecular formula is C12H24IN5. The van der Waals surface area contributed by atoms with Crippen molar-refractivity contribution in [2.24, 2.45) is 4.99 Å². The highest BCUT2D eigenvalue weighted by Crippen LogP contribution is 1.90. The first-order valence-electron chi connectivity index (χ1n) is 6.24. The van der Waals surface area contributed by atoms with Crippen molar-refractivity contribution in [3.05, 3.63) is 18.5 Å². The minimum Gasteiger partial charge on any atom is -0.357 e. The van der Waals surface area contributed by atoms with Gasteiger partial charge in [0, 0.05) is 38.1 Å². The van der Waals surface area contributed by atoms with Crippen LogP contribution in [0.15, 0.2) is 23.5 Å². The quantitative estimate of drug-likeness (QED) is 0.350. The summed E-state index contributed by atoms with van der Waals surface area (Å²) in [5, 5.41) is 10.7. The molecule has 0 saturated carbocycles. The molecule has 5 nitrogen and oxygen atoms in total. The summed E-state index contributed by atoms with van der Waals surface area (Å²) in [7, 11) is 0. The van der Waals surface area contributed by atoms with Crippen molar-refractivity contribution in [1.29, 1.82) is 0 Å². The Kier molecular flexibility index (Phi) is 9.72. The molecule has 6 heteroatoms. The van der Waals surface area contributed by atoms with Gasteiger partial charge in [-0.25, -0.2) is 0 Å². The molecule has 0 saturated heterocycles. The van der Waals surface area contributed by atoms with E-state index in [1.165, 1.54) is 0 Å². The van der Waals surface area contributed by atoms with E-state index < -0.39 is 0 Å². The molecule has 0 radical (unpaired) electrons. The third kappa shape index (κ3) is 7.52. The topological polar surface area (TPSA) is 54.2 Å². The fourth-order valence-electron chi connectivity index (χ4n) is 1.45. The summed E-state index contributed by atoms with van der Waals surface area (Å²) in [4.78, 5) is 4.51. The van der Waals surface area contributed by atoms with Gasteiger partial charge in [0.05, 0.1) is 0 Å². The van der Waals surface area contributed by atoms with E-state index in [1.54, 1.807) is 6.20 Å². The zero-order valence-corrected chi connectivity index (χ0v) is 13.7. The molecule has 1 aromatic heterocycles. The van der Waals surface area contributed by atoms with Crippen LogP contribution >= 0.6 is 24.0 Å². The van der Waals surface area contributed by atoms with Gasteiger partial charge in [0.25, 0.3) is 0 Å². The lowest BCUT2D eigenvalue weighted by atomic mass is 10.4. The second-order valence-corrected chi connectivity index (χ2v) is 4.18. The van der Waals surface area contributed by atoms with Crippen LogP contribution in [0.3, 0.4) is 0 Å². The number of nitrogens with zero attached hydrogens (tertiary/aromatic N) is 3. The molecule has 1 aromatic rings. The van der Waals surface area contributed by atoms with Crippen LogP contribution in [0.2, 0.25) is 0 Å². The molecule has 0 unspecified atom stereocenters. The molecule has 0 aliphatic carbocycles. The van der Waals surface area contributed by atoms with Gasteiger partial charge in [0.1, 0.15) is 0 Å². The number of halogens is 1. The van der Waals surface area contributed by atoms with Crippen molar-refractivity contribution in [2.75, 3.05) is 13.1 Å². The lowest BCUT2D eigenvalue weighted by Crippen LogP contribution is -2.41.